The van der Waals surface area contributed by atoms with E-state index < -0.39 is 0 Å². The van der Waals surface area contributed by atoms with Crippen LogP contribution in [0.25, 0.3) is 0 Å². The van der Waals surface area contributed by atoms with Crippen molar-refractivity contribution in [2.75, 3.05) is 6.54 Å². The van der Waals surface area contributed by atoms with Crippen LogP contribution in [0.2, 0.25) is 0 Å². The van der Waals surface area contributed by atoms with Crippen molar-refractivity contribution in [1.29, 1.82) is 0 Å². The van der Waals surface area contributed by atoms with Crippen LogP contribution in [0.1, 0.15) is 32.8 Å². The minimum absolute atomic E-state index is 0.608. The van der Waals surface area contributed by atoms with Gasteiger partial charge in [0.2, 0.25) is 0 Å². The Bertz CT molecular complexity index is 258. The Hall–Kier alpha value is -0.890. The third-order valence-electron chi connectivity index (χ3n) is 3.13. The monoisotopic (exact) mass is 206 g/mol. The molecular formula is C13H22N2. The molecule has 1 aromatic heterocycles. The highest BCUT2D eigenvalue weighted by Crippen LogP contribution is 2.06. The van der Waals surface area contributed by atoms with Crippen LogP contribution in [-0.4, -0.2) is 17.6 Å². The van der Waals surface area contributed by atoms with Crippen LogP contribution in [0, 0.1) is 5.92 Å². The molecule has 2 heteroatoms. The number of hydrogen-bond donors (Lipinski definition) is 1. The quantitative estimate of drug-likeness (QED) is 0.774. The summed E-state index contributed by atoms with van der Waals surface area (Å²) in [7, 11) is 0. The van der Waals surface area contributed by atoms with E-state index in [2.05, 4.69) is 43.2 Å². The molecule has 2 atom stereocenters. The number of aromatic nitrogens is 1. The topological polar surface area (TPSA) is 24.9 Å². The first kappa shape index (κ1) is 12.2. The van der Waals surface area contributed by atoms with Crippen LogP contribution >= 0.6 is 0 Å². The molecule has 2 unspecified atom stereocenters. The molecule has 0 saturated heterocycles. The van der Waals surface area contributed by atoms with Gasteiger partial charge in [-0.25, -0.2) is 0 Å². The summed E-state index contributed by atoms with van der Waals surface area (Å²) in [4.78, 5) is 4.01. The van der Waals surface area contributed by atoms with Crippen molar-refractivity contribution in [3.05, 3.63) is 30.1 Å². The molecule has 0 amide bonds. The van der Waals surface area contributed by atoms with Crippen molar-refractivity contribution >= 4 is 0 Å². The second-order valence-corrected chi connectivity index (χ2v) is 4.23. The van der Waals surface area contributed by atoms with Gasteiger partial charge in [0.05, 0.1) is 0 Å². The molecule has 0 aromatic carbocycles. The number of pyridine rings is 1. The largest absolute Gasteiger partial charge is 0.314 e. The lowest BCUT2D eigenvalue weighted by Crippen LogP contribution is -2.33. The molecule has 2 nitrogen and oxygen atoms in total. The van der Waals surface area contributed by atoms with Crippen molar-refractivity contribution in [1.82, 2.24) is 10.3 Å². The normalized spacial score (nSPS) is 14.9. The van der Waals surface area contributed by atoms with Gasteiger partial charge in [0.1, 0.15) is 0 Å². The molecular weight excluding hydrogens is 184 g/mol. The molecule has 1 N–H and O–H groups in total. The van der Waals surface area contributed by atoms with Crippen LogP contribution in [0.5, 0.6) is 0 Å². The second kappa shape index (κ2) is 6.57. The smallest absolute Gasteiger partial charge is 0.0270 e. The molecule has 0 saturated carbocycles. The molecule has 0 radical (unpaired) electrons. The Kier molecular flexibility index (Phi) is 5.33. The summed E-state index contributed by atoms with van der Waals surface area (Å²) in [5, 5.41) is 3.56. The maximum absolute atomic E-state index is 4.01. The van der Waals surface area contributed by atoms with Gasteiger partial charge < -0.3 is 5.32 Å². The Morgan fingerprint density at radius 3 is 2.53 bits per heavy atom. The van der Waals surface area contributed by atoms with Gasteiger partial charge in [-0.3, -0.25) is 4.98 Å². The standard InChI is InChI=1S/C13H22N2/c1-4-11(2)12(3)15-10-7-13-5-8-14-9-6-13/h5-6,8-9,11-12,15H,4,7,10H2,1-3H3. The van der Waals surface area contributed by atoms with Gasteiger partial charge in [-0.15, -0.1) is 0 Å². The van der Waals surface area contributed by atoms with Crippen molar-refractivity contribution in [2.24, 2.45) is 5.92 Å². The van der Waals surface area contributed by atoms with E-state index in [1.54, 1.807) is 0 Å². The summed E-state index contributed by atoms with van der Waals surface area (Å²) in [6, 6.07) is 4.77. The number of nitrogens with zero attached hydrogens (tertiary/aromatic N) is 1. The first-order valence-corrected chi connectivity index (χ1v) is 5.86. The van der Waals surface area contributed by atoms with Gasteiger partial charge in [-0.2, -0.15) is 0 Å². The van der Waals surface area contributed by atoms with Crippen LogP contribution in [-0.2, 0) is 6.42 Å². The van der Waals surface area contributed by atoms with Crippen molar-refractivity contribution in [3.8, 4) is 0 Å². The summed E-state index contributed by atoms with van der Waals surface area (Å²) in [5.41, 5.74) is 1.36. The van der Waals surface area contributed by atoms with Gasteiger partial charge >= 0.3 is 0 Å². The summed E-state index contributed by atoms with van der Waals surface area (Å²) in [6.45, 7) is 7.85. The van der Waals surface area contributed by atoms with E-state index in [4.69, 9.17) is 0 Å². The Morgan fingerprint density at radius 1 is 1.27 bits per heavy atom. The molecule has 0 spiro atoms. The van der Waals surface area contributed by atoms with Gasteiger partial charge in [-0.1, -0.05) is 20.3 Å². The Balaban J connectivity index is 2.22. The number of nitrogens with one attached hydrogen (secondary N) is 1. The highest BCUT2D eigenvalue weighted by atomic mass is 14.9. The fourth-order valence-electron chi connectivity index (χ4n) is 1.55. The third kappa shape index (κ3) is 4.43. The molecule has 1 aromatic rings. The highest BCUT2D eigenvalue weighted by molar-refractivity contribution is 5.09. The maximum atomic E-state index is 4.01. The Labute approximate surface area is 93.1 Å². The van der Waals surface area contributed by atoms with Crippen molar-refractivity contribution in [3.63, 3.8) is 0 Å². The van der Waals surface area contributed by atoms with Crippen molar-refractivity contribution < 1.29 is 0 Å². The minimum Gasteiger partial charge on any atom is -0.314 e. The van der Waals surface area contributed by atoms with Crippen LogP contribution in [0.4, 0.5) is 0 Å². The SMILES string of the molecule is CCC(C)C(C)NCCc1ccncc1. The third-order valence-corrected chi connectivity index (χ3v) is 3.13. The second-order valence-electron chi connectivity index (χ2n) is 4.23. The fourth-order valence-corrected chi connectivity index (χ4v) is 1.55. The fraction of sp³-hybridized carbons (Fsp3) is 0.615. The summed E-state index contributed by atoms with van der Waals surface area (Å²) < 4.78 is 0. The summed E-state index contributed by atoms with van der Waals surface area (Å²) in [5.74, 6) is 0.752. The number of rotatable bonds is 6. The predicted octanol–water partition coefficient (Wildman–Crippen LogP) is 2.65. The molecule has 0 aliphatic heterocycles. The zero-order valence-electron chi connectivity index (χ0n) is 10.0. The zero-order valence-corrected chi connectivity index (χ0v) is 10.0. The van der Waals surface area contributed by atoms with E-state index in [-0.39, 0.29) is 0 Å². The molecule has 0 aliphatic rings. The molecule has 0 fully saturated rings. The van der Waals surface area contributed by atoms with E-state index in [0.29, 0.717) is 6.04 Å². The molecule has 15 heavy (non-hydrogen) atoms. The van der Waals surface area contributed by atoms with E-state index >= 15 is 0 Å². The summed E-state index contributed by atoms with van der Waals surface area (Å²) in [6.07, 6.45) is 6.04. The zero-order chi connectivity index (χ0) is 11.1. The predicted molar refractivity (Wildman–Crippen MR) is 64.9 cm³/mol. The highest BCUT2D eigenvalue weighted by Gasteiger charge is 2.08. The lowest BCUT2D eigenvalue weighted by atomic mass is 10.0. The molecule has 1 rings (SSSR count). The minimum atomic E-state index is 0.608. The lowest BCUT2D eigenvalue weighted by Gasteiger charge is -2.19. The van der Waals surface area contributed by atoms with E-state index in [0.717, 1.165) is 18.9 Å². The van der Waals surface area contributed by atoms with Gasteiger partial charge in [0.25, 0.3) is 0 Å². The van der Waals surface area contributed by atoms with Gasteiger partial charge in [-0.05, 0) is 43.5 Å². The van der Waals surface area contributed by atoms with Crippen LogP contribution < -0.4 is 5.32 Å². The molecule has 1 heterocycles. The van der Waals surface area contributed by atoms with E-state index in [9.17, 15) is 0 Å². The molecule has 0 bridgehead atoms. The first-order chi connectivity index (χ1) is 7.24. The lowest BCUT2D eigenvalue weighted by molar-refractivity contribution is 0.393. The molecule has 84 valence electrons. The van der Waals surface area contributed by atoms with E-state index in [1.165, 1.54) is 12.0 Å². The van der Waals surface area contributed by atoms with Crippen molar-refractivity contribution in [2.45, 2.75) is 39.7 Å². The average molecular weight is 206 g/mol. The first-order valence-electron chi connectivity index (χ1n) is 5.86. The van der Waals surface area contributed by atoms with Gasteiger partial charge in [0.15, 0.2) is 0 Å². The summed E-state index contributed by atoms with van der Waals surface area (Å²) >= 11 is 0. The van der Waals surface area contributed by atoms with Crippen LogP contribution in [0.3, 0.4) is 0 Å². The number of hydrogen-bond acceptors (Lipinski definition) is 2. The van der Waals surface area contributed by atoms with E-state index in [1.807, 2.05) is 12.4 Å². The molecule has 0 aliphatic carbocycles. The maximum Gasteiger partial charge on any atom is 0.0270 e. The van der Waals surface area contributed by atoms with Crippen LogP contribution in [0.15, 0.2) is 24.5 Å². The Morgan fingerprint density at radius 2 is 1.93 bits per heavy atom. The van der Waals surface area contributed by atoms with Gasteiger partial charge in [0, 0.05) is 18.4 Å². The average Bonchev–Trinajstić information content (AvgIpc) is 2.29.